The summed E-state index contributed by atoms with van der Waals surface area (Å²) in [7, 11) is 1.74. The van der Waals surface area contributed by atoms with E-state index in [0.29, 0.717) is 24.3 Å². The van der Waals surface area contributed by atoms with Gasteiger partial charge in [0.2, 0.25) is 5.91 Å². The Morgan fingerprint density at radius 3 is 3.00 bits per heavy atom. The van der Waals surface area contributed by atoms with E-state index in [1.165, 1.54) is 0 Å². The van der Waals surface area contributed by atoms with Gasteiger partial charge < -0.3 is 14.6 Å². The minimum absolute atomic E-state index is 0.0226. The predicted octanol–water partition coefficient (Wildman–Crippen LogP) is 1.78. The summed E-state index contributed by atoms with van der Waals surface area (Å²) in [6.07, 6.45) is 1.72. The molecule has 0 fully saturated rings. The molecule has 0 aromatic carbocycles. The molecule has 0 unspecified atom stereocenters. The summed E-state index contributed by atoms with van der Waals surface area (Å²) in [5.41, 5.74) is 0. The quantitative estimate of drug-likeness (QED) is 0.640. The van der Waals surface area contributed by atoms with Gasteiger partial charge in [-0.25, -0.2) is 0 Å². The number of carbonyl (C=O) groups is 1. The van der Waals surface area contributed by atoms with Crippen LogP contribution in [0.5, 0.6) is 0 Å². The molecule has 0 saturated carbocycles. The van der Waals surface area contributed by atoms with Crippen molar-refractivity contribution in [1.29, 1.82) is 0 Å². The van der Waals surface area contributed by atoms with Gasteiger partial charge in [0.25, 0.3) is 0 Å². The van der Waals surface area contributed by atoms with Crippen molar-refractivity contribution in [2.24, 2.45) is 0 Å². The monoisotopic (exact) mass is 286 g/mol. The Kier molecular flexibility index (Phi) is 5.28. The lowest BCUT2D eigenvalue weighted by Gasteiger charge is -2.15. The van der Waals surface area contributed by atoms with Gasteiger partial charge in [0, 0.05) is 13.6 Å². The lowest BCUT2D eigenvalue weighted by atomic mass is 10.4. The van der Waals surface area contributed by atoms with Gasteiger partial charge in [-0.2, -0.15) is 0 Å². The summed E-state index contributed by atoms with van der Waals surface area (Å²) in [5.74, 6) is 0.779. The number of likely N-dealkylation sites (N-methyl/N-ethyl adjacent to an activating group) is 1. The van der Waals surface area contributed by atoms with Gasteiger partial charge >= 0.3 is 0 Å². The summed E-state index contributed by atoms with van der Waals surface area (Å²) < 4.78 is 5.99. The van der Waals surface area contributed by atoms with Crippen LogP contribution in [0.15, 0.2) is 33.9 Å². The van der Waals surface area contributed by atoms with Crippen molar-refractivity contribution in [3.05, 3.63) is 35.2 Å². The minimum atomic E-state index is 0.0226. The van der Waals surface area contributed by atoms with Gasteiger partial charge in [0.15, 0.2) is 4.67 Å². The number of furan rings is 1. The smallest absolute Gasteiger partial charge is 0.236 e. The molecule has 1 amide bonds. The Bertz CT molecular complexity index is 363. The van der Waals surface area contributed by atoms with E-state index in [9.17, 15) is 4.79 Å². The van der Waals surface area contributed by atoms with Gasteiger partial charge in [-0.15, -0.1) is 6.58 Å². The Balaban J connectivity index is 2.36. The fraction of sp³-hybridized carbons (Fsp3) is 0.364. The Morgan fingerprint density at radius 1 is 1.69 bits per heavy atom. The van der Waals surface area contributed by atoms with Crippen LogP contribution in [0.25, 0.3) is 0 Å². The highest BCUT2D eigenvalue weighted by atomic mass is 79.9. The molecule has 1 rings (SSSR count). The summed E-state index contributed by atoms with van der Waals surface area (Å²) in [6, 6.07) is 3.65. The number of amides is 1. The van der Waals surface area contributed by atoms with Crippen LogP contribution in [0.4, 0.5) is 0 Å². The summed E-state index contributed by atoms with van der Waals surface area (Å²) >= 11 is 3.22. The van der Waals surface area contributed by atoms with E-state index in [-0.39, 0.29) is 5.91 Å². The third kappa shape index (κ3) is 4.20. The van der Waals surface area contributed by atoms with Crippen LogP contribution in [0, 0.1) is 0 Å². The van der Waals surface area contributed by atoms with E-state index in [1.54, 1.807) is 18.0 Å². The molecular formula is C11H15BrN2O2. The molecule has 1 N–H and O–H groups in total. The molecule has 88 valence electrons. The van der Waals surface area contributed by atoms with Gasteiger partial charge in [-0.1, -0.05) is 6.08 Å². The predicted molar refractivity (Wildman–Crippen MR) is 65.9 cm³/mol. The zero-order valence-electron chi connectivity index (χ0n) is 9.20. The van der Waals surface area contributed by atoms with Gasteiger partial charge in [0.05, 0.1) is 13.1 Å². The number of halogens is 1. The largest absolute Gasteiger partial charge is 0.452 e. The SMILES string of the molecule is C=CCNCC(=O)N(C)Cc1ccc(Br)o1. The molecule has 5 heteroatoms. The molecule has 0 aliphatic carbocycles. The third-order valence-corrected chi connectivity index (χ3v) is 2.44. The second-order valence-electron chi connectivity index (χ2n) is 3.38. The van der Waals surface area contributed by atoms with Crippen molar-refractivity contribution >= 4 is 21.8 Å². The maximum Gasteiger partial charge on any atom is 0.236 e. The topological polar surface area (TPSA) is 45.5 Å². The van der Waals surface area contributed by atoms with E-state index in [0.717, 1.165) is 5.76 Å². The molecule has 0 bridgehead atoms. The lowest BCUT2D eigenvalue weighted by Crippen LogP contribution is -2.35. The second kappa shape index (κ2) is 6.50. The molecule has 0 atom stereocenters. The number of carbonyl (C=O) groups excluding carboxylic acids is 1. The zero-order valence-corrected chi connectivity index (χ0v) is 10.8. The molecule has 1 aromatic rings. The summed E-state index contributed by atoms with van der Waals surface area (Å²) in [5, 5.41) is 2.96. The highest BCUT2D eigenvalue weighted by Gasteiger charge is 2.10. The van der Waals surface area contributed by atoms with Gasteiger partial charge in [0.1, 0.15) is 5.76 Å². The molecule has 0 aliphatic rings. The molecule has 1 aromatic heterocycles. The third-order valence-electron chi connectivity index (χ3n) is 2.01. The highest BCUT2D eigenvalue weighted by molar-refractivity contribution is 9.10. The van der Waals surface area contributed by atoms with Crippen molar-refractivity contribution < 1.29 is 9.21 Å². The van der Waals surface area contributed by atoms with E-state index >= 15 is 0 Å². The summed E-state index contributed by atoms with van der Waals surface area (Å²) in [6.45, 7) is 4.98. The Morgan fingerprint density at radius 2 is 2.44 bits per heavy atom. The van der Waals surface area contributed by atoms with Crippen molar-refractivity contribution in [3.8, 4) is 0 Å². The average Bonchev–Trinajstić information content (AvgIpc) is 2.64. The normalized spacial score (nSPS) is 10.1. The number of rotatable bonds is 6. The molecule has 0 radical (unpaired) electrons. The standard InChI is InChI=1S/C11H15BrN2O2/c1-3-6-13-7-11(15)14(2)8-9-4-5-10(12)16-9/h3-5,13H,1,6-8H2,2H3. The van der Waals surface area contributed by atoms with E-state index in [1.807, 2.05) is 12.1 Å². The van der Waals surface area contributed by atoms with Crippen LogP contribution in [0.3, 0.4) is 0 Å². The number of hydrogen-bond donors (Lipinski definition) is 1. The molecule has 0 aliphatic heterocycles. The van der Waals surface area contributed by atoms with E-state index < -0.39 is 0 Å². The second-order valence-corrected chi connectivity index (χ2v) is 4.16. The van der Waals surface area contributed by atoms with Crippen LogP contribution >= 0.6 is 15.9 Å². The number of nitrogens with zero attached hydrogens (tertiary/aromatic N) is 1. The Labute approximate surface area is 103 Å². The first-order valence-corrected chi connectivity index (χ1v) is 5.72. The molecule has 1 heterocycles. The van der Waals surface area contributed by atoms with Crippen molar-refractivity contribution in [2.45, 2.75) is 6.54 Å². The Hall–Kier alpha value is -1.07. The van der Waals surface area contributed by atoms with Crippen molar-refractivity contribution in [1.82, 2.24) is 10.2 Å². The first-order chi connectivity index (χ1) is 7.63. The van der Waals surface area contributed by atoms with Crippen molar-refractivity contribution in [3.63, 3.8) is 0 Å². The number of hydrogen-bond acceptors (Lipinski definition) is 3. The molecule has 0 saturated heterocycles. The lowest BCUT2D eigenvalue weighted by molar-refractivity contribution is -0.129. The molecule has 16 heavy (non-hydrogen) atoms. The van der Waals surface area contributed by atoms with Gasteiger partial charge in [-0.3, -0.25) is 4.79 Å². The average molecular weight is 287 g/mol. The first-order valence-electron chi connectivity index (χ1n) is 4.93. The maximum atomic E-state index is 11.6. The van der Waals surface area contributed by atoms with E-state index in [2.05, 4.69) is 27.8 Å². The van der Waals surface area contributed by atoms with Crippen LogP contribution in [-0.2, 0) is 11.3 Å². The van der Waals surface area contributed by atoms with E-state index in [4.69, 9.17) is 4.42 Å². The molecule has 0 spiro atoms. The van der Waals surface area contributed by atoms with Gasteiger partial charge in [-0.05, 0) is 28.1 Å². The zero-order chi connectivity index (χ0) is 12.0. The summed E-state index contributed by atoms with van der Waals surface area (Å²) in [4.78, 5) is 13.2. The van der Waals surface area contributed by atoms with Crippen LogP contribution < -0.4 is 5.32 Å². The fourth-order valence-corrected chi connectivity index (χ4v) is 1.51. The maximum absolute atomic E-state index is 11.6. The van der Waals surface area contributed by atoms with Crippen molar-refractivity contribution in [2.75, 3.05) is 20.1 Å². The van der Waals surface area contributed by atoms with Crippen LogP contribution in [-0.4, -0.2) is 30.9 Å². The van der Waals surface area contributed by atoms with Crippen LogP contribution in [0.2, 0.25) is 0 Å². The van der Waals surface area contributed by atoms with Crippen LogP contribution in [0.1, 0.15) is 5.76 Å². The minimum Gasteiger partial charge on any atom is -0.452 e. The molecular weight excluding hydrogens is 272 g/mol. The first kappa shape index (κ1) is 13.0. The fourth-order valence-electron chi connectivity index (χ4n) is 1.17. The molecule has 4 nitrogen and oxygen atoms in total. The highest BCUT2D eigenvalue weighted by Crippen LogP contribution is 2.15. The number of nitrogens with one attached hydrogen (secondary N) is 1.